The lowest BCUT2D eigenvalue weighted by Gasteiger charge is -2.00. The van der Waals surface area contributed by atoms with Gasteiger partial charge in [-0.2, -0.15) is 0 Å². The Labute approximate surface area is 112 Å². The molecular formula is C11H10N4OS2. The van der Waals surface area contributed by atoms with Crippen LogP contribution >= 0.6 is 23.1 Å². The van der Waals surface area contributed by atoms with Gasteiger partial charge < -0.3 is 4.74 Å². The molecule has 18 heavy (non-hydrogen) atoms. The Morgan fingerprint density at radius 3 is 3.17 bits per heavy atom. The van der Waals surface area contributed by atoms with Gasteiger partial charge in [0.15, 0.2) is 4.34 Å². The summed E-state index contributed by atoms with van der Waals surface area (Å²) in [5.74, 6) is 0.855. The number of hydrogen-bond acceptors (Lipinski definition) is 6. The first kappa shape index (κ1) is 11.5. The van der Waals surface area contributed by atoms with Crippen LogP contribution in [-0.4, -0.2) is 27.0 Å². The smallest absolute Gasteiger partial charge is 0.157 e. The number of fused-ring (bicyclic) bond motifs is 1. The van der Waals surface area contributed by atoms with E-state index in [4.69, 9.17) is 4.74 Å². The van der Waals surface area contributed by atoms with E-state index < -0.39 is 0 Å². The summed E-state index contributed by atoms with van der Waals surface area (Å²) in [6, 6.07) is 5.96. The van der Waals surface area contributed by atoms with Crippen molar-refractivity contribution in [2.45, 2.75) is 16.3 Å². The number of aromatic nitrogens is 4. The van der Waals surface area contributed by atoms with E-state index in [1.165, 1.54) is 11.8 Å². The fourth-order valence-corrected chi connectivity index (χ4v) is 3.40. The zero-order valence-electron chi connectivity index (χ0n) is 9.58. The molecule has 2 heterocycles. The largest absolute Gasteiger partial charge is 0.494 e. The van der Waals surface area contributed by atoms with Gasteiger partial charge in [0.05, 0.1) is 23.0 Å². The van der Waals surface area contributed by atoms with Crippen molar-refractivity contribution in [2.24, 2.45) is 0 Å². The number of benzene rings is 1. The highest BCUT2D eigenvalue weighted by atomic mass is 32.2. The lowest BCUT2D eigenvalue weighted by atomic mass is 10.3. The Balaban J connectivity index is 1.90. The van der Waals surface area contributed by atoms with Crippen molar-refractivity contribution in [1.82, 2.24) is 20.4 Å². The SMILES string of the molecule is CCOc1ccc2sc(Sc3c[nH]nn3)nc2c1. The summed E-state index contributed by atoms with van der Waals surface area (Å²) >= 11 is 3.14. The number of nitrogens with zero attached hydrogens (tertiary/aromatic N) is 3. The fourth-order valence-electron chi connectivity index (χ4n) is 1.52. The van der Waals surface area contributed by atoms with Gasteiger partial charge in [0.2, 0.25) is 0 Å². The minimum Gasteiger partial charge on any atom is -0.494 e. The minimum absolute atomic E-state index is 0.663. The van der Waals surface area contributed by atoms with E-state index in [1.54, 1.807) is 17.5 Å². The van der Waals surface area contributed by atoms with E-state index >= 15 is 0 Å². The second-order valence-corrected chi connectivity index (χ2v) is 5.75. The second kappa shape index (κ2) is 4.95. The van der Waals surface area contributed by atoms with Gasteiger partial charge in [-0.05, 0) is 30.8 Å². The molecule has 5 nitrogen and oxygen atoms in total. The normalized spacial score (nSPS) is 10.9. The Bertz CT molecular complexity index is 650. The maximum atomic E-state index is 5.46. The van der Waals surface area contributed by atoms with E-state index in [-0.39, 0.29) is 0 Å². The van der Waals surface area contributed by atoms with Gasteiger partial charge in [0, 0.05) is 6.07 Å². The molecule has 0 saturated heterocycles. The summed E-state index contributed by atoms with van der Waals surface area (Å²) in [6.45, 7) is 2.63. The number of H-pyrrole nitrogens is 1. The zero-order chi connectivity index (χ0) is 12.4. The van der Waals surface area contributed by atoms with Crippen molar-refractivity contribution in [1.29, 1.82) is 0 Å². The highest BCUT2D eigenvalue weighted by Crippen LogP contribution is 2.34. The number of hydrogen-bond donors (Lipinski definition) is 1. The third-order valence-electron chi connectivity index (χ3n) is 2.24. The first-order valence-corrected chi connectivity index (χ1v) is 7.06. The summed E-state index contributed by atoms with van der Waals surface area (Å²) in [5, 5.41) is 11.1. The van der Waals surface area contributed by atoms with E-state index in [9.17, 15) is 0 Å². The zero-order valence-corrected chi connectivity index (χ0v) is 11.2. The first-order chi connectivity index (χ1) is 8.85. The number of thiazole rings is 1. The molecule has 0 atom stereocenters. The van der Waals surface area contributed by atoms with Gasteiger partial charge in [0.1, 0.15) is 10.8 Å². The van der Waals surface area contributed by atoms with Crippen molar-refractivity contribution in [3.05, 3.63) is 24.4 Å². The van der Waals surface area contributed by atoms with Crippen molar-refractivity contribution in [3.8, 4) is 5.75 Å². The van der Waals surface area contributed by atoms with Gasteiger partial charge in [0.25, 0.3) is 0 Å². The molecule has 0 radical (unpaired) electrons. The van der Waals surface area contributed by atoms with Crippen LogP contribution in [0.5, 0.6) is 5.75 Å². The summed E-state index contributed by atoms with van der Waals surface area (Å²) in [7, 11) is 0. The van der Waals surface area contributed by atoms with E-state index in [0.29, 0.717) is 6.61 Å². The van der Waals surface area contributed by atoms with Gasteiger partial charge in [-0.25, -0.2) is 4.98 Å². The van der Waals surface area contributed by atoms with Crippen LogP contribution in [0.1, 0.15) is 6.92 Å². The van der Waals surface area contributed by atoms with Crippen molar-refractivity contribution in [2.75, 3.05) is 6.61 Å². The van der Waals surface area contributed by atoms with Crippen LogP contribution in [0, 0.1) is 0 Å². The summed E-state index contributed by atoms with van der Waals surface area (Å²) < 4.78 is 7.55. The van der Waals surface area contributed by atoms with Crippen LogP contribution in [0.4, 0.5) is 0 Å². The lowest BCUT2D eigenvalue weighted by molar-refractivity contribution is 0.340. The molecule has 3 aromatic rings. The van der Waals surface area contributed by atoms with Gasteiger partial charge in [-0.1, -0.05) is 5.21 Å². The third-order valence-corrected chi connectivity index (χ3v) is 4.24. The van der Waals surface area contributed by atoms with Gasteiger partial charge in [-0.3, -0.25) is 5.10 Å². The molecule has 7 heteroatoms. The Morgan fingerprint density at radius 1 is 1.44 bits per heavy atom. The van der Waals surface area contributed by atoms with Crippen LogP contribution in [0.3, 0.4) is 0 Å². The first-order valence-electron chi connectivity index (χ1n) is 5.43. The highest BCUT2D eigenvalue weighted by Gasteiger charge is 2.08. The third kappa shape index (κ3) is 2.32. The number of rotatable bonds is 4. The molecule has 0 bridgehead atoms. The van der Waals surface area contributed by atoms with Crippen molar-refractivity contribution < 1.29 is 4.74 Å². The molecule has 0 unspecified atom stereocenters. The molecule has 0 spiro atoms. The van der Waals surface area contributed by atoms with Crippen LogP contribution in [-0.2, 0) is 0 Å². The predicted molar refractivity (Wildman–Crippen MR) is 71.3 cm³/mol. The van der Waals surface area contributed by atoms with E-state index in [0.717, 1.165) is 25.3 Å². The van der Waals surface area contributed by atoms with Gasteiger partial charge in [-0.15, -0.1) is 16.4 Å². The minimum atomic E-state index is 0.663. The Hall–Kier alpha value is -1.60. The molecule has 0 aliphatic rings. The standard InChI is InChI=1S/C11H10N4OS2/c1-2-16-7-3-4-9-8(5-7)13-11(17-9)18-10-6-12-15-14-10/h3-6H,2H2,1H3,(H,12,14,15). The molecular weight excluding hydrogens is 268 g/mol. The molecule has 0 amide bonds. The maximum Gasteiger partial charge on any atom is 0.157 e. The van der Waals surface area contributed by atoms with Crippen molar-refractivity contribution in [3.63, 3.8) is 0 Å². The molecule has 92 valence electrons. The summed E-state index contributed by atoms with van der Waals surface area (Å²) in [5.41, 5.74) is 0.956. The molecule has 1 aromatic carbocycles. The number of ether oxygens (including phenoxy) is 1. The average Bonchev–Trinajstić information content (AvgIpc) is 2.98. The summed E-state index contributed by atoms with van der Waals surface area (Å²) in [4.78, 5) is 4.55. The topological polar surface area (TPSA) is 63.7 Å². The molecule has 0 saturated carbocycles. The molecule has 3 rings (SSSR count). The monoisotopic (exact) mass is 278 g/mol. The number of nitrogens with one attached hydrogen (secondary N) is 1. The van der Waals surface area contributed by atoms with Crippen LogP contribution < -0.4 is 4.74 Å². The molecule has 1 N–H and O–H groups in total. The second-order valence-electron chi connectivity index (χ2n) is 3.46. The Kier molecular flexibility index (Phi) is 3.16. The molecule has 0 aliphatic heterocycles. The lowest BCUT2D eigenvalue weighted by Crippen LogP contribution is -1.90. The van der Waals surface area contributed by atoms with Crippen LogP contribution in [0.2, 0.25) is 0 Å². The average molecular weight is 278 g/mol. The van der Waals surface area contributed by atoms with E-state index in [2.05, 4.69) is 20.4 Å². The van der Waals surface area contributed by atoms with Crippen LogP contribution in [0.15, 0.2) is 33.8 Å². The molecule has 0 fully saturated rings. The highest BCUT2D eigenvalue weighted by molar-refractivity contribution is 8.01. The molecule has 2 aromatic heterocycles. The maximum absolute atomic E-state index is 5.46. The van der Waals surface area contributed by atoms with E-state index in [1.807, 2.05) is 25.1 Å². The quantitative estimate of drug-likeness (QED) is 0.795. The predicted octanol–water partition coefficient (Wildman–Crippen LogP) is 2.96. The van der Waals surface area contributed by atoms with Crippen molar-refractivity contribution >= 4 is 33.3 Å². The summed E-state index contributed by atoms with van der Waals surface area (Å²) in [6.07, 6.45) is 1.75. The van der Waals surface area contributed by atoms with Gasteiger partial charge >= 0.3 is 0 Å². The fraction of sp³-hybridized carbons (Fsp3) is 0.182. The molecule has 0 aliphatic carbocycles. The Morgan fingerprint density at radius 2 is 2.39 bits per heavy atom. The number of aromatic amines is 1. The van der Waals surface area contributed by atoms with Crippen LogP contribution in [0.25, 0.3) is 10.2 Å².